The fourth-order valence-electron chi connectivity index (χ4n) is 1.65. The summed E-state index contributed by atoms with van der Waals surface area (Å²) in [5.74, 6) is -0.533. The Balaban J connectivity index is 2.39. The summed E-state index contributed by atoms with van der Waals surface area (Å²) in [6.45, 7) is 1.30. The SMILES string of the molecule is COC(C=NCC(=O)O)C1CCOCC1. The number of ether oxygens (including phenoxy) is 2. The van der Waals surface area contributed by atoms with Crippen LogP contribution in [0.3, 0.4) is 0 Å². The zero-order valence-electron chi connectivity index (χ0n) is 8.89. The van der Waals surface area contributed by atoms with Crippen molar-refractivity contribution in [1.29, 1.82) is 0 Å². The van der Waals surface area contributed by atoms with Crippen molar-refractivity contribution in [2.45, 2.75) is 18.9 Å². The number of carbonyl (C=O) groups is 1. The summed E-state index contributed by atoms with van der Waals surface area (Å²) in [4.78, 5) is 14.1. The normalized spacial score (nSPS) is 20.6. The average Bonchev–Trinajstić information content (AvgIpc) is 2.25. The first kappa shape index (κ1) is 12.1. The van der Waals surface area contributed by atoms with Crippen LogP contribution in [0.5, 0.6) is 0 Å². The molecule has 0 aromatic carbocycles. The lowest BCUT2D eigenvalue weighted by atomic mass is 9.94. The van der Waals surface area contributed by atoms with Crippen LogP contribution in [0.1, 0.15) is 12.8 Å². The van der Waals surface area contributed by atoms with Gasteiger partial charge in [0.1, 0.15) is 6.54 Å². The van der Waals surface area contributed by atoms with Gasteiger partial charge < -0.3 is 14.6 Å². The number of aliphatic imine (C=N–C) groups is 1. The molecule has 0 aromatic heterocycles. The molecule has 0 saturated carbocycles. The molecule has 0 spiro atoms. The molecule has 0 radical (unpaired) electrons. The van der Waals surface area contributed by atoms with Gasteiger partial charge in [0.25, 0.3) is 0 Å². The molecular weight excluding hydrogens is 198 g/mol. The number of rotatable bonds is 5. The Morgan fingerprint density at radius 2 is 2.33 bits per heavy atom. The van der Waals surface area contributed by atoms with Crippen molar-refractivity contribution in [2.24, 2.45) is 10.9 Å². The van der Waals surface area contributed by atoms with Gasteiger partial charge in [-0.15, -0.1) is 0 Å². The van der Waals surface area contributed by atoms with Crippen LogP contribution in [0.15, 0.2) is 4.99 Å². The molecule has 1 rings (SSSR count). The zero-order valence-corrected chi connectivity index (χ0v) is 8.89. The van der Waals surface area contributed by atoms with E-state index in [1.54, 1.807) is 13.3 Å². The number of carboxylic acid groups (broad SMARTS) is 1. The van der Waals surface area contributed by atoms with Crippen LogP contribution >= 0.6 is 0 Å². The van der Waals surface area contributed by atoms with Crippen LogP contribution in [-0.4, -0.2) is 50.3 Å². The number of hydrogen-bond donors (Lipinski definition) is 1. The molecule has 1 atom stereocenters. The van der Waals surface area contributed by atoms with Crippen LogP contribution in [0.4, 0.5) is 0 Å². The Morgan fingerprint density at radius 1 is 1.67 bits per heavy atom. The van der Waals surface area contributed by atoms with E-state index in [1.165, 1.54) is 0 Å². The van der Waals surface area contributed by atoms with Gasteiger partial charge in [-0.25, -0.2) is 0 Å². The van der Waals surface area contributed by atoms with Crippen molar-refractivity contribution in [3.05, 3.63) is 0 Å². The summed E-state index contributed by atoms with van der Waals surface area (Å²) in [5.41, 5.74) is 0. The number of methoxy groups -OCH3 is 1. The first-order valence-corrected chi connectivity index (χ1v) is 5.06. The van der Waals surface area contributed by atoms with Crippen LogP contribution < -0.4 is 0 Å². The molecule has 1 unspecified atom stereocenters. The van der Waals surface area contributed by atoms with E-state index < -0.39 is 5.97 Å². The minimum Gasteiger partial charge on any atom is -0.480 e. The molecule has 5 heteroatoms. The highest BCUT2D eigenvalue weighted by atomic mass is 16.5. The summed E-state index contributed by atoms with van der Waals surface area (Å²) >= 11 is 0. The molecule has 1 saturated heterocycles. The Bertz CT molecular complexity index is 223. The van der Waals surface area contributed by atoms with Crippen molar-refractivity contribution >= 4 is 12.2 Å². The topological polar surface area (TPSA) is 68.1 Å². The van der Waals surface area contributed by atoms with Crippen molar-refractivity contribution in [3.63, 3.8) is 0 Å². The maximum Gasteiger partial charge on any atom is 0.325 e. The summed E-state index contributed by atoms with van der Waals surface area (Å²) in [7, 11) is 1.62. The van der Waals surface area contributed by atoms with Crippen molar-refractivity contribution in [1.82, 2.24) is 0 Å². The summed E-state index contributed by atoms with van der Waals surface area (Å²) < 4.78 is 10.5. The van der Waals surface area contributed by atoms with E-state index in [9.17, 15) is 4.79 Å². The molecule has 0 aromatic rings. The van der Waals surface area contributed by atoms with E-state index in [2.05, 4.69) is 4.99 Å². The first-order valence-electron chi connectivity index (χ1n) is 5.06. The van der Waals surface area contributed by atoms with Gasteiger partial charge in [0.05, 0.1) is 6.10 Å². The zero-order chi connectivity index (χ0) is 11.1. The Hall–Kier alpha value is -0.940. The number of hydrogen-bond acceptors (Lipinski definition) is 4. The highest BCUT2D eigenvalue weighted by molar-refractivity contribution is 5.73. The third kappa shape index (κ3) is 4.40. The molecule has 0 amide bonds. The van der Waals surface area contributed by atoms with Crippen LogP contribution in [0, 0.1) is 5.92 Å². The van der Waals surface area contributed by atoms with E-state index in [1.807, 2.05) is 0 Å². The van der Waals surface area contributed by atoms with Crippen LogP contribution in [0.25, 0.3) is 0 Å². The highest BCUT2D eigenvalue weighted by Crippen LogP contribution is 2.19. The molecule has 1 N–H and O–H groups in total. The lowest BCUT2D eigenvalue weighted by molar-refractivity contribution is -0.135. The van der Waals surface area contributed by atoms with Crippen molar-refractivity contribution < 1.29 is 19.4 Å². The van der Waals surface area contributed by atoms with Gasteiger partial charge in [-0.1, -0.05) is 0 Å². The van der Waals surface area contributed by atoms with Gasteiger partial charge in [-0.3, -0.25) is 9.79 Å². The molecule has 0 aliphatic carbocycles. The molecule has 5 nitrogen and oxygen atoms in total. The van der Waals surface area contributed by atoms with Crippen molar-refractivity contribution in [3.8, 4) is 0 Å². The molecular formula is C10H17NO4. The smallest absolute Gasteiger partial charge is 0.325 e. The van der Waals surface area contributed by atoms with Crippen LogP contribution in [0.2, 0.25) is 0 Å². The largest absolute Gasteiger partial charge is 0.480 e. The fraction of sp³-hybridized carbons (Fsp3) is 0.800. The van der Waals surface area contributed by atoms with Gasteiger partial charge >= 0.3 is 5.97 Å². The summed E-state index contributed by atoms with van der Waals surface area (Å²) in [5, 5.41) is 8.43. The van der Waals surface area contributed by atoms with E-state index >= 15 is 0 Å². The number of nitrogens with zero attached hydrogens (tertiary/aromatic N) is 1. The van der Waals surface area contributed by atoms with Crippen molar-refractivity contribution in [2.75, 3.05) is 26.9 Å². The molecule has 1 aliphatic rings. The molecule has 1 heterocycles. The molecule has 1 fully saturated rings. The maximum atomic E-state index is 10.3. The van der Waals surface area contributed by atoms with Crippen LogP contribution in [-0.2, 0) is 14.3 Å². The lowest BCUT2D eigenvalue weighted by Crippen LogP contribution is -2.30. The first-order chi connectivity index (χ1) is 7.24. The lowest BCUT2D eigenvalue weighted by Gasteiger charge is -2.26. The Kier molecular flexibility index (Phi) is 5.28. The minimum absolute atomic E-state index is 0.0896. The van der Waals surface area contributed by atoms with E-state index in [-0.39, 0.29) is 12.6 Å². The average molecular weight is 215 g/mol. The van der Waals surface area contributed by atoms with Gasteiger partial charge in [0.15, 0.2) is 0 Å². The third-order valence-electron chi connectivity index (χ3n) is 2.48. The monoisotopic (exact) mass is 215 g/mol. The predicted molar refractivity (Wildman–Crippen MR) is 55.3 cm³/mol. The Morgan fingerprint density at radius 3 is 2.87 bits per heavy atom. The fourth-order valence-corrected chi connectivity index (χ4v) is 1.65. The second-order valence-electron chi connectivity index (χ2n) is 3.53. The number of carboxylic acids is 1. The Labute approximate surface area is 89.1 Å². The quantitative estimate of drug-likeness (QED) is 0.681. The minimum atomic E-state index is -0.923. The van der Waals surface area contributed by atoms with E-state index in [0.717, 1.165) is 26.1 Å². The van der Waals surface area contributed by atoms with Gasteiger partial charge in [-0.2, -0.15) is 0 Å². The van der Waals surface area contributed by atoms with Gasteiger partial charge in [-0.05, 0) is 18.8 Å². The second kappa shape index (κ2) is 6.53. The highest BCUT2D eigenvalue weighted by Gasteiger charge is 2.22. The summed E-state index contributed by atoms with van der Waals surface area (Å²) in [6, 6.07) is 0. The second-order valence-corrected chi connectivity index (χ2v) is 3.53. The third-order valence-corrected chi connectivity index (χ3v) is 2.48. The van der Waals surface area contributed by atoms with E-state index in [0.29, 0.717) is 5.92 Å². The van der Waals surface area contributed by atoms with Gasteiger partial charge in [0.2, 0.25) is 0 Å². The maximum absolute atomic E-state index is 10.3. The van der Waals surface area contributed by atoms with E-state index in [4.69, 9.17) is 14.6 Å². The molecule has 0 bridgehead atoms. The standard InChI is InChI=1S/C10H17NO4/c1-14-9(6-11-7-10(12)13)8-2-4-15-5-3-8/h6,8-9H,2-5,7H2,1H3,(H,12,13). The molecule has 15 heavy (non-hydrogen) atoms. The summed E-state index contributed by atoms with van der Waals surface area (Å²) in [6.07, 6.45) is 3.40. The molecule has 86 valence electrons. The molecule has 1 aliphatic heterocycles. The predicted octanol–water partition coefficient (Wildman–Crippen LogP) is 0.583. The van der Waals surface area contributed by atoms with Gasteiger partial charge in [0, 0.05) is 26.5 Å². The number of aliphatic carboxylic acids is 1.